The van der Waals surface area contributed by atoms with E-state index in [0.717, 1.165) is 12.5 Å². The monoisotopic (exact) mass is 184 g/mol. The van der Waals surface area contributed by atoms with E-state index in [0.29, 0.717) is 12.1 Å². The molecule has 0 aliphatic carbocycles. The molecule has 78 valence electrons. The van der Waals surface area contributed by atoms with Gasteiger partial charge in [-0.2, -0.15) is 0 Å². The number of hydrogen-bond acceptors (Lipinski definition) is 2. The normalized spacial score (nSPS) is 33.2. The third-order valence-corrected chi connectivity index (χ3v) is 3.56. The van der Waals surface area contributed by atoms with Crippen molar-refractivity contribution in [1.82, 2.24) is 4.90 Å². The van der Waals surface area contributed by atoms with Crippen molar-refractivity contribution < 1.29 is 0 Å². The number of nitrogens with two attached hydrogens (primary N) is 1. The fourth-order valence-electron chi connectivity index (χ4n) is 2.43. The van der Waals surface area contributed by atoms with Gasteiger partial charge in [0.15, 0.2) is 0 Å². The molecule has 3 atom stereocenters. The molecule has 0 amide bonds. The molecule has 1 rings (SSSR count). The minimum atomic E-state index is 0.628. The lowest BCUT2D eigenvalue weighted by atomic mass is 9.89. The summed E-state index contributed by atoms with van der Waals surface area (Å²) in [7, 11) is 0. The molecule has 0 saturated carbocycles. The van der Waals surface area contributed by atoms with Gasteiger partial charge >= 0.3 is 0 Å². The number of nitrogens with zero attached hydrogens (tertiary/aromatic N) is 1. The molecule has 0 aromatic heterocycles. The minimum Gasteiger partial charge on any atom is -0.329 e. The molecular weight excluding hydrogens is 160 g/mol. The summed E-state index contributed by atoms with van der Waals surface area (Å²) in [4.78, 5) is 2.61. The minimum absolute atomic E-state index is 0.628. The summed E-state index contributed by atoms with van der Waals surface area (Å²) in [5.41, 5.74) is 5.83. The SMILES string of the molecule is CCC(C)N1CCCC(C)C1CN. The van der Waals surface area contributed by atoms with Crippen LogP contribution < -0.4 is 5.73 Å². The van der Waals surface area contributed by atoms with Crippen LogP contribution in [0.5, 0.6) is 0 Å². The zero-order chi connectivity index (χ0) is 9.84. The van der Waals surface area contributed by atoms with Gasteiger partial charge in [-0.15, -0.1) is 0 Å². The van der Waals surface area contributed by atoms with Crippen LogP contribution in [0.2, 0.25) is 0 Å². The second-order valence-corrected chi connectivity index (χ2v) is 4.42. The van der Waals surface area contributed by atoms with Crippen molar-refractivity contribution in [2.75, 3.05) is 13.1 Å². The Balaban J connectivity index is 2.58. The highest BCUT2D eigenvalue weighted by Crippen LogP contribution is 2.25. The second kappa shape index (κ2) is 4.97. The highest BCUT2D eigenvalue weighted by atomic mass is 15.2. The molecule has 13 heavy (non-hydrogen) atoms. The van der Waals surface area contributed by atoms with Crippen LogP contribution in [-0.4, -0.2) is 30.1 Å². The molecule has 1 fully saturated rings. The van der Waals surface area contributed by atoms with E-state index in [4.69, 9.17) is 5.73 Å². The molecule has 0 bridgehead atoms. The van der Waals surface area contributed by atoms with Gasteiger partial charge in [-0.25, -0.2) is 0 Å². The van der Waals surface area contributed by atoms with Crippen molar-refractivity contribution in [3.63, 3.8) is 0 Å². The van der Waals surface area contributed by atoms with Crippen molar-refractivity contribution in [2.45, 2.75) is 52.1 Å². The van der Waals surface area contributed by atoms with Crippen molar-refractivity contribution in [1.29, 1.82) is 0 Å². The van der Waals surface area contributed by atoms with E-state index in [2.05, 4.69) is 25.7 Å². The topological polar surface area (TPSA) is 29.3 Å². The zero-order valence-corrected chi connectivity index (χ0v) is 9.29. The van der Waals surface area contributed by atoms with Crippen molar-refractivity contribution in [2.24, 2.45) is 11.7 Å². The Morgan fingerprint density at radius 2 is 2.23 bits per heavy atom. The Morgan fingerprint density at radius 1 is 1.54 bits per heavy atom. The molecule has 1 aliphatic heterocycles. The van der Waals surface area contributed by atoms with E-state index < -0.39 is 0 Å². The number of hydrogen-bond donors (Lipinski definition) is 1. The van der Waals surface area contributed by atoms with Gasteiger partial charge in [0.1, 0.15) is 0 Å². The summed E-state index contributed by atoms with van der Waals surface area (Å²) in [6.45, 7) is 9.00. The van der Waals surface area contributed by atoms with E-state index in [-0.39, 0.29) is 0 Å². The maximum Gasteiger partial charge on any atom is 0.0246 e. The Morgan fingerprint density at radius 3 is 2.77 bits per heavy atom. The number of piperidine rings is 1. The smallest absolute Gasteiger partial charge is 0.0246 e. The van der Waals surface area contributed by atoms with Crippen LogP contribution in [0.25, 0.3) is 0 Å². The van der Waals surface area contributed by atoms with Crippen LogP contribution in [0.1, 0.15) is 40.0 Å². The first kappa shape index (κ1) is 11.0. The van der Waals surface area contributed by atoms with Crippen LogP contribution in [0.3, 0.4) is 0 Å². The van der Waals surface area contributed by atoms with E-state index >= 15 is 0 Å². The lowest BCUT2D eigenvalue weighted by molar-refractivity contribution is 0.0677. The summed E-state index contributed by atoms with van der Waals surface area (Å²) >= 11 is 0. The quantitative estimate of drug-likeness (QED) is 0.725. The van der Waals surface area contributed by atoms with Gasteiger partial charge in [0.2, 0.25) is 0 Å². The Kier molecular flexibility index (Phi) is 4.20. The highest BCUT2D eigenvalue weighted by molar-refractivity contribution is 4.85. The van der Waals surface area contributed by atoms with Gasteiger partial charge < -0.3 is 5.73 Å². The number of rotatable bonds is 3. The molecule has 0 radical (unpaired) electrons. The van der Waals surface area contributed by atoms with E-state index in [1.807, 2.05) is 0 Å². The first-order valence-corrected chi connectivity index (χ1v) is 5.66. The average molecular weight is 184 g/mol. The van der Waals surface area contributed by atoms with Gasteiger partial charge in [-0.05, 0) is 38.6 Å². The van der Waals surface area contributed by atoms with Crippen LogP contribution >= 0.6 is 0 Å². The van der Waals surface area contributed by atoms with Crippen LogP contribution in [0, 0.1) is 5.92 Å². The fraction of sp³-hybridized carbons (Fsp3) is 1.00. The summed E-state index contributed by atoms with van der Waals surface area (Å²) in [5.74, 6) is 0.785. The molecule has 0 spiro atoms. The Labute approximate surface area is 82.5 Å². The van der Waals surface area contributed by atoms with Gasteiger partial charge in [0, 0.05) is 18.6 Å². The average Bonchev–Trinajstić information content (AvgIpc) is 2.16. The predicted octanol–water partition coefficient (Wildman–Crippen LogP) is 1.84. The molecule has 2 N–H and O–H groups in total. The summed E-state index contributed by atoms with van der Waals surface area (Å²) in [5, 5.41) is 0. The third kappa shape index (κ3) is 2.44. The van der Waals surface area contributed by atoms with E-state index in [1.54, 1.807) is 0 Å². The van der Waals surface area contributed by atoms with Crippen molar-refractivity contribution in [3.8, 4) is 0 Å². The molecule has 2 nitrogen and oxygen atoms in total. The molecule has 0 aromatic carbocycles. The summed E-state index contributed by atoms with van der Waals surface area (Å²) in [6.07, 6.45) is 3.94. The van der Waals surface area contributed by atoms with Gasteiger partial charge in [-0.3, -0.25) is 4.90 Å². The molecule has 1 aliphatic rings. The van der Waals surface area contributed by atoms with Gasteiger partial charge in [-0.1, -0.05) is 13.8 Å². The summed E-state index contributed by atoms with van der Waals surface area (Å²) < 4.78 is 0. The Hall–Kier alpha value is -0.0800. The predicted molar refractivity (Wildman–Crippen MR) is 57.7 cm³/mol. The zero-order valence-electron chi connectivity index (χ0n) is 9.29. The van der Waals surface area contributed by atoms with E-state index in [1.165, 1.54) is 25.8 Å². The maximum atomic E-state index is 5.83. The lowest BCUT2D eigenvalue weighted by Crippen LogP contribution is -2.52. The molecule has 1 saturated heterocycles. The lowest BCUT2D eigenvalue weighted by Gasteiger charge is -2.42. The number of likely N-dealkylation sites (tertiary alicyclic amines) is 1. The molecule has 2 heteroatoms. The first-order valence-electron chi connectivity index (χ1n) is 5.66. The van der Waals surface area contributed by atoms with Crippen LogP contribution in [0.4, 0.5) is 0 Å². The summed E-state index contributed by atoms with van der Waals surface area (Å²) in [6, 6.07) is 1.33. The first-order chi connectivity index (χ1) is 6.20. The van der Waals surface area contributed by atoms with Gasteiger partial charge in [0.05, 0.1) is 0 Å². The third-order valence-electron chi connectivity index (χ3n) is 3.56. The Bertz CT molecular complexity index is 147. The maximum absolute atomic E-state index is 5.83. The molecule has 3 unspecified atom stereocenters. The van der Waals surface area contributed by atoms with Crippen LogP contribution in [0.15, 0.2) is 0 Å². The van der Waals surface area contributed by atoms with Crippen molar-refractivity contribution >= 4 is 0 Å². The van der Waals surface area contributed by atoms with Crippen molar-refractivity contribution in [3.05, 3.63) is 0 Å². The molecular formula is C11H24N2. The van der Waals surface area contributed by atoms with E-state index in [9.17, 15) is 0 Å². The standard InChI is InChI=1S/C11H24N2/c1-4-10(3)13-7-5-6-9(2)11(13)8-12/h9-11H,4-8,12H2,1-3H3. The van der Waals surface area contributed by atoms with Gasteiger partial charge in [0.25, 0.3) is 0 Å². The second-order valence-electron chi connectivity index (χ2n) is 4.42. The molecule has 1 heterocycles. The highest BCUT2D eigenvalue weighted by Gasteiger charge is 2.29. The largest absolute Gasteiger partial charge is 0.329 e. The van der Waals surface area contributed by atoms with Crippen LogP contribution in [-0.2, 0) is 0 Å². The fourth-order valence-corrected chi connectivity index (χ4v) is 2.43. The molecule has 0 aromatic rings.